The van der Waals surface area contributed by atoms with Gasteiger partial charge in [0.05, 0.1) is 11.7 Å². The average Bonchev–Trinajstić information content (AvgIpc) is 3.54. The van der Waals surface area contributed by atoms with Crippen LogP contribution in [0.3, 0.4) is 0 Å². The van der Waals surface area contributed by atoms with Crippen molar-refractivity contribution in [3.05, 3.63) is 71.5 Å². The topological polar surface area (TPSA) is 66.2 Å². The fraction of sp³-hybridized carbons (Fsp3) is 0.333. The first-order chi connectivity index (χ1) is 15.3. The van der Waals surface area contributed by atoms with Crippen molar-refractivity contribution < 1.29 is 5.11 Å². The molecule has 6 nitrogen and oxygen atoms in total. The SMILES string of the molecule is OCCCn1cc(CN2CCC[C@@H]2c2cccc(Nc3nccs3)n2)c2ccccc21. The van der Waals surface area contributed by atoms with Crippen LogP contribution in [0.15, 0.2) is 60.2 Å². The highest BCUT2D eigenvalue weighted by molar-refractivity contribution is 7.13. The molecule has 4 heterocycles. The number of aromatic nitrogens is 3. The van der Waals surface area contributed by atoms with Crippen LogP contribution in [0.4, 0.5) is 10.9 Å². The Morgan fingerprint density at radius 3 is 2.97 bits per heavy atom. The molecule has 2 N–H and O–H groups in total. The maximum Gasteiger partial charge on any atom is 0.188 e. The summed E-state index contributed by atoms with van der Waals surface area (Å²) in [5, 5.41) is 16.7. The third kappa shape index (κ3) is 4.35. The molecule has 0 spiro atoms. The summed E-state index contributed by atoms with van der Waals surface area (Å²) in [7, 11) is 0. The molecular formula is C24H27N5OS. The van der Waals surface area contributed by atoms with Crippen molar-refractivity contribution in [3.63, 3.8) is 0 Å². The van der Waals surface area contributed by atoms with Crippen molar-refractivity contribution >= 4 is 33.2 Å². The highest BCUT2D eigenvalue weighted by Crippen LogP contribution is 2.34. The summed E-state index contributed by atoms with van der Waals surface area (Å²) in [6.45, 7) is 3.04. The van der Waals surface area contributed by atoms with E-state index in [2.05, 4.69) is 62.4 Å². The molecule has 4 aromatic rings. The van der Waals surface area contributed by atoms with Gasteiger partial charge < -0.3 is 15.0 Å². The molecule has 5 rings (SSSR count). The van der Waals surface area contributed by atoms with Gasteiger partial charge in [-0.1, -0.05) is 24.3 Å². The van der Waals surface area contributed by atoms with Crippen molar-refractivity contribution in [1.29, 1.82) is 0 Å². The number of para-hydroxylation sites is 1. The molecule has 0 aliphatic carbocycles. The summed E-state index contributed by atoms with van der Waals surface area (Å²) in [5.74, 6) is 0.847. The molecule has 1 aliphatic rings. The van der Waals surface area contributed by atoms with Crippen LogP contribution in [-0.4, -0.2) is 37.7 Å². The van der Waals surface area contributed by atoms with Crippen LogP contribution in [0, 0.1) is 0 Å². The van der Waals surface area contributed by atoms with Crippen molar-refractivity contribution in [3.8, 4) is 0 Å². The lowest BCUT2D eigenvalue weighted by atomic mass is 10.1. The number of aliphatic hydroxyl groups is 1. The van der Waals surface area contributed by atoms with Gasteiger partial charge in [0.15, 0.2) is 5.13 Å². The number of nitrogens with zero attached hydrogens (tertiary/aromatic N) is 4. The zero-order chi connectivity index (χ0) is 21.0. The number of hydrogen-bond acceptors (Lipinski definition) is 6. The number of hydrogen-bond donors (Lipinski definition) is 2. The summed E-state index contributed by atoms with van der Waals surface area (Å²) in [6, 6.07) is 15.1. The second-order valence-electron chi connectivity index (χ2n) is 7.98. The van der Waals surface area contributed by atoms with E-state index in [1.165, 1.54) is 22.9 Å². The number of aliphatic hydroxyl groups excluding tert-OH is 1. The van der Waals surface area contributed by atoms with E-state index in [1.807, 2.05) is 11.4 Å². The van der Waals surface area contributed by atoms with Gasteiger partial charge in [-0.2, -0.15) is 0 Å². The largest absolute Gasteiger partial charge is 0.396 e. The maximum atomic E-state index is 9.26. The number of pyridine rings is 1. The molecule has 0 radical (unpaired) electrons. The van der Waals surface area contributed by atoms with Crippen molar-refractivity contribution in [2.75, 3.05) is 18.5 Å². The van der Waals surface area contributed by atoms with Crippen LogP contribution < -0.4 is 5.32 Å². The molecule has 0 bridgehead atoms. The summed E-state index contributed by atoms with van der Waals surface area (Å²) < 4.78 is 2.28. The summed E-state index contributed by atoms with van der Waals surface area (Å²) in [6.07, 6.45) is 7.14. The third-order valence-electron chi connectivity index (χ3n) is 5.94. The van der Waals surface area contributed by atoms with Crippen molar-refractivity contribution in [2.45, 2.75) is 38.4 Å². The van der Waals surface area contributed by atoms with Crippen LogP contribution in [0.2, 0.25) is 0 Å². The van der Waals surface area contributed by atoms with E-state index >= 15 is 0 Å². The lowest BCUT2D eigenvalue weighted by Crippen LogP contribution is -2.23. The van der Waals surface area contributed by atoms with Crippen LogP contribution in [0.25, 0.3) is 10.9 Å². The lowest BCUT2D eigenvalue weighted by molar-refractivity contribution is 0.245. The number of nitrogens with one attached hydrogen (secondary N) is 1. The van der Waals surface area contributed by atoms with Gasteiger partial charge in [0.2, 0.25) is 0 Å². The van der Waals surface area contributed by atoms with Gasteiger partial charge >= 0.3 is 0 Å². The van der Waals surface area contributed by atoms with Gasteiger partial charge in [-0.05, 0) is 49.6 Å². The van der Waals surface area contributed by atoms with E-state index in [0.717, 1.165) is 49.1 Å². The summed E-state index contributed by atoms with van der Waals surface area (Å²) in [5.41, 5.74) is 3.70. The molecule has 1 saturated heterocycles. The maximum absolute atomic E-state index is 9.26. The quantitative estimate of drug-likeness (QED) is 0.411. The Hall–Kier alpha value is -2.74. The summed E-state index contributed by atoms with van der Waals surface area (Å²) >= 11 is 1.58. The molecule has 1 aliphatic heterocycles. The first-order valence-corrected chi connectivity index (χ1v) is 11.7. The molecular weight excluding hydrogens is 406 g/mol. The predicted molar refractivity (Wildman–Crippen MR) is 126 cm³/mol. The van der Waals surface area contributed by atoms with Crippen LogP contribution in [0.1, 0.15) is 36.6 Å². The molecule has 160 valence electrons. The molecule has 3 aromatic heterocycles. The zero-order valence-corrected chi connectivity index (χ0v) is 18.3. The van der Waals surface area contributed by atoms with Gasteiger partial charge in [0.1, 0.15) is 5.82 Å². The van der Waals surface area contributed by atoms with Gasteiger partial charge in [-0.3, -0.25) is 4.90 Å². The Labute approximate surface area is 186 Å². The van der Waals surface area contributed by atoms with Crippen LogP contribution in [0.5, 0.6) is 0 Å². The van der Waals surface area contributed by atoms with Crippen LogP contribution in [-0.2, 0) is 13.1 Å². The number of benzene rings is 1. The minimum Gasteiger partial charge on any atom is -0.396 e. The Morgan fingerprint density at radius 2 is 2.10 bits per heavy atom. The standard InChI is InChI=1S/C24H27N5OS/c30-14-5-13-28-16-18(19-6-1-2-8-21(19)28)17-29-12-4-9-22(29)20-7-3-10-23(26-20)27-24-25-11-15-31-24/h1-3,6-8,10-11,15-16,22,30H,4-5,9,12-14,17H2,(H,25,26,27)/t22-/m1/s1. The van der Waals surface area contributed by atoms with Crippen LogP contribution >= 0.6 is 11.3 Å². The second-order valence-corrected chi connectivity index (χ2v) is 8.88. The van der Waals surface area contributed by atoms with E-state index in [4.69, 9.17) is 4.98 Å². The fourth-order valence-corrected chi connectivity index (χ4v) is 5.08. The van der Waals surface area contributed by atoms with E-state index in [9.17, 15) is 5.11 Å². The molecule has 31 heavy (non-hydrogen) atoms. The fourth-order valence-electron chi connectivity index (χ4n) is 4.55. The first-order valence-electron chi connectivity index (χ1n) is 10.9. The smallest absolute Gasteiger partial charge is 0.188 e. The number of anilines is 2. The number of fused-ring (bicyclic) bond motifs is 1. The number of thiazole rings is 1. The van der Waals surface area contributed by atoms with Gasteiger partial charge in [0.25, 0.3) is 0 Å². The van der Waals surface area contributed by atoms with E-state index in [1.54, 1.807) is 17.5 Å². The number of aryl methyl sites for hydroxylation is 1. The van der Waals surface area contributed by atoms with Gasteiger partial charge in [-0.25, -0.2) is 9.97 Å². The molecule has 7 heteroatoms. The minimum atomic E-state index is 0.215. The minimum absolute atomic E-state index is 0.215. The highest BCUT2D eigenvalue weighted by atomic mass is 32.1. The molecule has 0 amide bonds. The Kier molecular flexibility index (Phi) is 5.97. The van der Waals surface area contributed by atoms with E-state index < -0.39 is 0 Å². The molecule has 1 atom stereocenters. The van der Waals surface area contributed by atoms with E-state index in [0.29, 0.717) is 6.04 Å². The van der Waals surface area contributed by atoms with Crippen molar-refractivity contribution in [1.82, 2.24) is 19.4 Å². The number of likely N-dealkylation sites (tertiary alicyclic amines) is 1. The number of rotatable bonds is 8. The van der Waals surface area contributed by atoms with Gasteiger partial charge in [-0.15, -0.1) is 11.3 Å². The Balaban J connectivity index is 1.38. The van der Waals surface area contributed by atoms with Gasteiger partial charge in [0, 0.05) is 48.4 Å². The molecule has 1 fully saturated rings. The van der Waals surface area contributed by atoms with E-state index in [-0.39, 0.29) is 6.61 Å². The second kappa shape index (κ2) is 9.18. The molecule has 0 saturated carbocycles. The van der Waals surface area contributed by atoms with Crippen molar-refractivity contribution in [2.24, 2.45) is 0 Å². The lowest BCUT2D eigenvalue weighted by Gasteiger charge is -2.24. The first kappa shape index (κ1) is 20.2. The predicted octanol–water partition coefficient (Wildman–Crippen LogP) is 4.96. The zero-order valence-electron chi connectivity index (χ0n) is 17.4. The summed E-state index contributed by atoms with van der Waals surface area (Å²) in [4.78, 5) is 11.8. The monoisotopic (exact) mass is 433 g/mol. The normalized spacial score (nSPS) is 16.9. The average molecular weight is 434 g/mol. The Morgan fingerprint density at radius 1 is 1.16 bits per heavy atom. The third-order valence-corrected chi connectivity index (χ3v) is 6.63. The molecule has 1 aromatic carbocycles. The highest BCUT2D eigenvalue weighted by Gasteiger charge is 2.28. The molecule has 0 unspecified atom stereocenters. The Bertz CT molecular complexity index is 1140.